The number of Topliss-reactive ketones (excluding diaryl/α,β-unsaturated/α-hetero) is 1. The highest BCUT2D eigenvalue weighted by Gasteiger charge is 2.26. The fourth-order valence-corrected chi connectivity index (χ4v) is 3.64. The molecule has 5 nitrogen and oxygen atoms in total. The van der Waals surface area contributed by atoms with Gasteiger partial charge in [-0.05, 0) is 42.8 Å². The quantitative estimate of drug-likeness (QED) is 0.239. The maximum Gasteiger partial charge on any atom is 0.181 e. The van der Waals surface area contributed by atoms with Crippen LogP contribution < -0.4 is 22.1 Å². The third kappa shape index (κ3) is 8.41. The van der Waals surface area contributed by atoms with E-state index in [1.807, 2.05) is 109 Å². The van der Waals surface area contributed by atoms with E-state index in [9.17, 15) is 4.79 Å². The van der Waals surface area contributed by atoms with Gasteiger partial charge in [-0.15, -0.1) is 0 Å². The zero-order valence-electron chi connectivity index (χ0n) is 19.9. The molecule has 0 aliphatic carbocycles. The number of nitrogens with two attached hydrogens (primary N) is 2. The van der Waals surface area contributed by atoms with Crippen molar-refractivity contribution in [1.82, 2.24) is 0 Å². The molecule has 0 spiro atoms. The Morgan fingerprint density at radius 2 is 1.11 bits per heavy atom. The normalized spacial score (nSPS) is 11.9. The van der Waals surface area contributed by atoms with Gasteiger partial charge in [0.15, 0.2) is 5.78 Å². The summed E-state index contributed by atoms with van der Waals surface area (Å²) in [7, 11) is 0. The number of anilines is 2. The van der Waals surface area contributed by atoms with Gasteiger partial charge in [0, 0.05) is 23.5 Å². The first-order valence-electron chi connectivity index (χ1n) is 11.8. The van der Waals surface area contributed by atoms with E-state index >= 15 is 0 Å². The van der Waals surface area contributed by atoms with Gasteiger partial charge >= 0.3 is 0 Å². The van der Waals surface area contributed by atoms with E-state index in [1.165, 1.54) is 0 Å². The Balaban J connectivity index is 0.000000198. The van der Waals surface area contributed by atoms with E-state index in [2.05, 4.69) is 22.8 Å². The monoisotopic (exact) mass is 466 g/mol. The largest absolute Gasteiger partial charge is 0.383 e. The Morgan fingerprint density at radius 1 is 0.657 bits per heavy atom. The Morgan fingerprint density at radius 3 is 1.63 bits per heavy atom. The molecule has 4 aromatic carbocycles. The second kappa shape index (κ2) is 13.7. The lowest BCUT2D eigenvalue weighted by Gasteiger charge is -2.30. The summed E-state index contributed by atoms with van der Waals surface area (Å²) in [5.41, 5.74) is 15.7. The summed E-state index contributed by atoms with van der Waals surface area (Å²) in [5, 5.41) is 6.48. The molecule has 0 saturated heterocycles. The van der Waals surface area contributed by atoms with Gasteiger partial charge in [-0.25, -0.2) is 0 Å². The molecule has 6 N–H and O–H groups in total. The van der Waals surface area contributed by atoms with Crippen molar-refractivity contribution in [2.24, 2.45) is 11.5 Å². The van der Waals surface area contributed by atoms with Crippen LogP contribution in [0.2, 0.25) is 0 Å². The van der Waals surface area contributed by atoms with Gasteiger partial charge in [-0.2, -0.15) is 0 Å². The lowest BCUT2D eigenvalue weighted by Crippen LogP contribution is -2.45. The molecule has 0 aromatic heterocycles. The van der Waals surface area contributed by atoms with Gasteiger partial charge in [0.25, 0.3) is 0 Å². The maximum atomic E-state index is 11.8. The summed E-state index contributed by atoms with van der Waals surface area (Å²) in [6.07, 6.45) is 0.747. The van der Waals surface area contributed by atoms with E-state index in [4.69, 9.17) is 11.5 Å². The van der Waals surface area contributed by atoms with Gasteiger partial charge in [0.2, 0.25) is 0 Å². The van der Waals surface area contributed by atoms with E-state index in [1.54, 1.807) is 0 Å². The van der Waals surface area contributed by atoms with Gasteiger partial charge in [-0.1, -0.05) is 97.1 Å². The van der Waals surface area contributed by atoms with Crippen LogP contribution >= 0.6 is 0 Å². The van der Waals surface area contributed by atoms with E-state index < -0.39 is 5.54 Å². The molecule has 0 saturated carbocycles. The van der Waals surface area contributed by atoms with Gasteiger partial charge in [0.1, 0.15) is 0 Å². The molecule has 4 aromatic rings. The maximum absolute atomic E-state index is 11.8. The lowest BCUT2D eigenvalue weighted by molar-refractivity contribution is 0.101. The van der Waals surface area contributed by atoms with Crippen molar-refractivity contribution in [2.75, 3.05) is 30.3 Å². The smallest absolute Gasteiger partial charge is 0.181 e. The lowest BCUT2D eigenvalue weighted by atomic mass is 9.87. The zero-order valence-corrected chi connectivity index (χ0v) is 19.9. The number of para-hydroxylation sites is 2. The van der Waals surface area contributed by atoms with Crippen LogP contribution in [0.25, 0.3) is 0 Å². The second-order valence-electron chi connectivity index (χ2n) is 8.29. The fraction of sp³-hybridized carbons (Fsp3) is 0.167. The molecule has 0 amide bonds. The SMILES string of the molecule is NCCC(N)(CNc1ccccc1)c1ccccc1.O=C(CNc1ccccc1)c1ccccc1. The first-order chi connectivity index (χ1) is 17.1. The zero-order chi connectivity index (χ0) is 24.8. The number of carbonyl (C=O) groups is 1. The average Bonchev–Trinajstić information content (AvgIpc) is 2.93. The standard InChI is InChI=1S/C16H21N3.C14H13NO/c17-12-11-16(18,14-7-3-1-4-8-14)13-19-15-9-5-2-6-10-15;16-14(12-7-3-1-4-8-12)11-15-13-9-5-2-6-10-13/h1-10,19H,11-13,17-18H2;1-10,15H,11H2. The van der Waals surface area contributed by atoms with Gasteiger partial charge in [-0.3, -0.25) is 4.79 Å². The third-order valence-corrected chi connectivity index (χ3v) is 5.64. The highest BCUT2D eigenvalue weighted by Crippen LogP contribution is 2.22. The molecule has 35 heavy (non-hydrogen) atoms. The topological polar surface area (TPSA) is 93.2 Å². The van der Waals surface area contributed by atoms with Crippen LogP contribution in [0.4, 0.5) is 11.4 Å². The molecule has 0 heterocycles. The molecule has 1 unspecified atom stereocenters. The van der Waals surface area contributed by atoms with Crippen molar-refractivity contribution in [3.05, 3.63) is 132 Å². The Hall–Kier alpha value is -3.93. The fourth-order valence-electron chi connectivity index (χ4n) is 3.64. The molecule has 0 fully saturated rings. The van der Waals surface area contributed by atoms with Gasteiger partial charge < -0.3 is 22.1 Å². The summed E-state index contributed by atoms with van der Waals surface area (Å²) < 4.78 is 0. The van der Waals surface area contributed by atoms with Crippen molar-refractivity contribution < 1.29 is 4.79 Å². The minimum absolute atomic E-state index is 0.101. The molecule has 0 aliphatic heterocycles. The molecular formula is C30H34N4O. The summed E-state index contributed by atoms with van der Waals surface area (Å²) >= 11 is 0. The molecule has 180 valence electrons. The van der Waals surface area contributed by atoms with Crippen LogP contribution in [0.15, 0.2) is 121 Å². The molecule has 4 rings (SSSR count). The van der Waals surface area contributed by atoms with Crippen molar-refractivity contribution in [2.45, 2.75) is 12.0 Å². The van der Waals surface area contributed by atoms with Gasteiger partial charge in [0.05, 0.1) is 12.1 Å². The third-order valence-electron chi connectivity index (χ3n) is 5.64. The Kier molecular flexibility index (Phi) is 10.1. The first kappa shape index (κ1) is 25.7. The molecule has 1 atom stereocenters. The Labute approximate surface area is 208 Å². The number of ketones is 1. The van der Waals surface area contributed by atoms with Crippen LogP contribution in [0.3, 0.4) is 0 Å². The summed E-state index contributed by atoms with van der Waals surface area (Å²) in [6.45, 7) is 1.56. The first-order valence-corrected chi connectivity index (χ1v) is 11.8. The molecule has 5 heteroatoms. The molecule has 0 bridgehead atoms. The Bertz CT molecular complexity index is 1120. The van der Waals surface area contributed by atoms with Crippen LogP contribution in [0, 0.1) is 0 Å². The van der Waals surface area contributed by atoms with Crippen molar-refractivity contribution in [3.63, 3.8) is 0 Å². The van der Waals surface area contributed by atoms with Crippen molar-refractivity contribution in [1.29, 1.82) is 0 Å². The minimum atomic E-state index is -0.439. The predicted octanol–water partition coefficient (Wildman–Crippen LogP) is 5.28. The molecule has 0 aliphatic rings. The van der Waals surface area contributed by atoms with Crippen molar-refractivity contribution in [3.8, 4) is 0 Å². The number of benzene rings is 4. The van der Waals surface area contributed by atoms with Crippen molar-refractivity contribution >= 4 is 17.2 Å². The highest BCUT2D eigenvalue weighted by atomic mass is 16.1. The van der Waals surface area contributed by atoms with E-state index in [-0.39, 0.29) is 5.78 Å². The number of rotatable bonds is 10. The number of hydrogen-bond donors (Lipinski definition) is 4. The average molecular weight is 467 g/mol. The molecular weight excluding hydrogens is 432 g/mol. The van der Waals surface area contributed by atoms with E-state index in [0.717, 1.165) is 28.9 Å². The summed E-state index contributed by atoms with van der Waals surface area (Å²) in [6, 6.07) is 39.2. The van der Waals surface area contributed by atoms with Crippen LogP contribution in [-0.4, -0.2) is 25.4 Å². The highest BCUT2D eigenvalue weighted by molar-refractivity contribution is 5.98. The predicted molar refractivity (Wildman–Crippen MR) is 147 cm³/mol. The van der Waals surface area contributed by atoms with Crippen LogP contribution in [0.5, 0.6) is 0 Å². The summed E-state index contributed by atoms with van der Waals surface area (Å²) in [4.78, 5) is 11.8. The molecule has 0 radical (unpaired) electrons. The van der Waals surface area contributed by atoms with Crippen LogP contribution in [0.1, 0.15) is 22.3 Å². The van der Waals surface area contributed by atoms with Crippen LogP contribution in [-0.2, 0) is 5.54 Å². The number of hydrogen-bond acceptors (Lipinski definition) is 5. The number of nitrogens with one attached hydrogen (secondary N) is 2. The van der Waals surface area contributed by atoms with E-state index in [0.29, 0.717) is 19.6 Å². The second-order valence-corrected chi connectivity index (χ2v) is 8.29. The summed E-state index contributed by atoms with van der Waals surface area (Å²) in [5.74, 6) is 0.101. The number of carbonyl (C=O) groups excluding carboxylic acids is 1. The minimum Gasteiger partial charge on any atom is -0.383 e.